The molecule has 2 N–H and O–H groups in total. The first-order chi connectivity index (χ1) is 10.1. The van der Waals surface area contributed by atoms with E-state index in [0.717, 1.165) is 21.7 Å². The molecule has 21 heavy (non-hydrogen) atoms. The molecular weight excluding hydrogens is 288 g/mol. The van der Waals surface area contributed by atoms with Gasteiger partial charge in [0.1, 0.15) is 5.82 Å². The van der Waals surface area contributed by atoms with Crippen LogP contribution in [0.15, 0.2) is 36.4 Å². The third kappa shape index (κ3) is 2.93. The first kappa shape index (κ1) is 13.7. The molecule has 0 saturated carbocycles. The average Bonchev–Trinajstić information content (AvgIpc) is 3.11. The number of hydrogen-bond donors (Lipinski definition) is 2. The van der Waals surface area contributed by atoms with Crippen LogP contribution in [0, 0.1) is 10.1 Å². The van der Waals surface area contributed by atoms with Gasteiger partial charge < -0.3 is 10.3 Å². The molecule has 7 heteroatoms. The lowest BCUT2D eigenvalue weighted by atomic mass is 10.3. The predicted molar refractivity (Wildman–Crippen MR) is 82.3 cm³/mol. The topological polar surface area (TPSA) is 83.8 Å². The minimum absolute atomic E-state index is 0.0403. The molecule has 6 nitrogen and oxygen atoms in total. The summed E-state index contributed by atoms with van der Waals surface area (Å²) in [5, 5.41) is 14.1. The van der Waals surface area contributed by atoms with E-state index in [2.05, 4.69) is 15.3 Å². The van der Waals surface area contributed by atoms with Crippen molar-refractivity contribution in [3.8, 4) is 0 Å². The summed E-state index contributed by atoms with van der Waals surface area (Å²) in [4.78, 5) is 19.0. The Bertz CT molecular complexity index is 747. The highest BCUT2D eigenvalue weighted by atomic mass is 32.1. The normalized spacial score (nSPS) is 12.6. The predicted octanol–water partition coefficient (Wildman–Crippen LogP) is 3.38. The Hall–Kier alpha value is -2.25. The minimum Gasteiger partial charge on any atom is -0.341 e. The maximum atomic E-state index is 10.7. The third-order valence-corrected chi connectivity index (χ3v) is 4.26. The molecule has 0 radical (unpaired) electrons. The van der Waals surface area contributed by atoms with Gasteiger partial charge in [0.05, 0.1) is 22.0 Å². The summed E-state index contributed by atoms with van der Waals surface area (Å²) >= 11 is 1.19. The Balaban J connectivity index is 1.67. The van der Waals surface area contributed by atoms with Crippen molar-refractivity contribution >= 4 is 27.4 Å². The summed E-state index contributed by atoms with van der Waals surface area (Å²) in [7, 11) is 0. The summed E-state index contributed by atoms with van der Waals surface area (Å²) in [5.41, 5.74) is 1.95. The zero-order chi connectivity index (χ0) is 14.8. The van der Waals surface area contributed by atoms with Crippen molar-refractivity contribution in [1.29, 1.82) is 0 Å². The lowest BCUT2D eigenvalue weighted by Crippen LogP contribution is -2.18. The first-order valence-electron chi connectivity index (χ1n) is 6.54. The standard InChI is InChI=1S/C14H14N4O2S/c1-9(14-16-11-4-2-3-5-12(11)17-14)15-8-10-6-7-13(21-10)18(19)20/h2-7,9,15H,8H2,1H3,(H,16,17). The fourth-order valence-electron chi connectivity index (χ4n) is 2.09. The van der Waals surface area contributed by atoms with Crippen molar-refractivity contribution in [2.75, 3.05) is 0 Å². The van der Waals surface area contributed by atoms with E-state index >= 15 is 0 Å². The number of aromatic amines is 1. The number of thiophene rings is 1. The number of nitrogens with zero attached hydrogens (tertiary/aromatic N) is 2. The van der Waals surface area contributed by atoms with Gasteiger partial charge in [-0.25, -0.2) is 4.98 Å². The molecule has 0 bridgehead atoms. The Morgan fingerprint density at radius 3 is 2.90 bits per heavy atom. The smallest absolute Gasteiger partial charge is 0.324 e. The van der Waals surface area contributed by atoms with Crippen molar-refractivity contribution in [3.63, 3.8) is 0 Å². The lowest BCUT2D eigenvalue weighted by Gasteiger charge is -2.09. The molecule has 0 saturated heterocycles. The number of H-pyrrole nitrogens is 1. The van der Waals surface area contributed by atoms with Gasteiger partial charge in [0.2, 0.25) is 0 Å². The Kier molecular flexibility index (Phi) is 3.68. The van der Waals surface area contributed by atoms with Crippen molar-refractivity contribution < 1.29 is 4.92 Å². The van der Waals surface area contributed by atoms with E-state index in [1.165, 1.54) is 17.4 Å². The van der Waals surface area contributed by atoms with E-state index in [-0.39, 0.29) is 16.0 Å². The van der Waals surface area contributed by atoms with Crippen LogP contribution in [-0.2, 0) is 6.54 Å². The second-order valence-corrected chi connectivity index (χ2v) is 5.89. The van der Waals surface area contributed by atoms with Crippen LogP contribution in [0.25, 0.3) is 11.0 Å². The van der Waals surface area contributed by atoms with Crippen LogP contribution in [0.1, 0.15) is 23.7 Å². The molecule has 1 atom stereocenters. The number of aromatic nitrogens is 2. The molecule has 3 rings (SSSR count). The number of nitrogens with one attached hydrogen (secondary N) is 2. The Morgan fingerprint density at radius 1 is 1.38 bits per heavy atom. The zero-order valence-electron chi connectivity index (χ0n) is 11.4. The molecule has 108 valence electrons. The maximum Gasteiger partial charge on any atom is 0.324 e. The zero-order valence-corrected chi connectivity index (χ0v) is 12.2. The number of benzene rings is 1. The van der Waals surface area contributed by atoms with Gasteiger partial charge >= 0.3 is 5.00 Å². The number of nitro groups is 1. The number of para-hydroxylation sites is 2. The molecule has 0 fully saturated rings. The van der Waals surface area contributed by atoms with E-state index in [0.29, 0.717) is 6.54 Å². The van der Waals surface area contributed by atoms with Gasteiger partial charge in [0, 0.05) is 17.5 Å². The number of rotatable bonds is 5. The highest BCUT2D eigenvalue weighted by Crippen LogP contribution is 2.24. The molecule has 2 heterocycles. The van der Waals surface area contributed by atoms with Crippen molar-refractivity contribution in [2.45, 2.75) is 19.5 Å². The van der Waals surface area contributed by atoms with Crippen LogP contribution in [0.5, 0.6) is 0 Å². The van der Waals surface area contributed by atoms with Crippen LogP contribution >= 0.6 is 11.3 Å². The van der Waals surface area contributed by atoms with Gasteiger partial charge in [-0.2, -0.15) is 0 Å². The van der Waals surface area contributed by atoms with E-state index < -0.39 is 0 Å². The maximum absolute atomic E-state index is 10.7. The van der Waals surface area contributed by atoms with Crippen molar-refractivity contribution in [1.82, 2.24) is 15.3 Å². The van der Waals surface area contributed by atoms with Crippen LogP contribution in [0.2, 0.25) is 0 Å². The first-order valence-corrected chi connectivity index (χ1v) is 7.36. The summed E-state index contributed by atoms with van der Waals surface area (Å²) in [6.07, 6.45) is 0. The van der Waals surface area contributed by atoms with Gasteiger partial charge in [-0.15, -0.1) is 0 Å². The minimum atomic E-state index is -0.364. The van der Waals surface area contributed by atoms with Crippen LogP contribution < -0.4 is 5.32 Å². The molecular formula is C14H14N4O2S. The summed E-state index contributed by atoms with van der Waals surface area (Å²) < 4.78 is 0. The monoisotopic (exact) mass is 302 g/mol. The third-order valence-electron chi connectivity index (χ3n) is 3.23. The fraction of sp³-hybridized carbons (Fsp3) is 0.214. The number of fused-ring (bicyclic) bond motifs is 1. The van der Waals surface area contributed by atoms with Gasteiger partial charge in [-0.3, -0.25) is 10.1 Å². The molecule has 0 aliphatic rings. The molecule has 1 aromatic carbocycles. The van der Waals surface area contributed by atoms with Gasteiger partial charge in [-0.05, 0) is 25.1 Å². The van der Waals surface area contributed by atoms with Gasteiger partial charge in [-0.1, -0.05) is 23.5 Å². The second kappa shape index (κ2) is 5.63. The average molecular weight is 302 g/mol. The lowest BCUT2D eigenvalue weighted by molar-refractivity contribution is -0.380. The van der Waals surface area contributed by atoms with E-state index in [9.17, 15) is 10.1 Å². The van der Waals surface area contributed by atoms with E-state index in [1.54, 1.807) is 6.07 Å². The van der Waals surface area contributed by atoms with Crippen molar-refractivity contribution in [3.05, 3.63) is 57.2 Å². The number of imidazole rings is 1. The van der Waals surface area contributed by atoms with Crippen molar-refractivity contribution in [2.24, 2.45) is 0 Å². The highest BCUT2D eigenvalue weighted by molar-refractivity contribution is 7.15. The molecule has 1 unspecified atom stereocenters. The van der Waals surface area contributed by atoms with Gasteiger partial charge in [0.15, 0.2) is 0 Å². The SMILES string of the molecule is CC(NCc1ccc([N+](=O)[O-])s1)c1nc2ccccc2[nH]1. The molecule has 2 aromatic heterocycles. The fourth-order valence-corrected chi connectivity index (χ4v) is 2.86. The largest absolute Gasteiger partial charge is 0.341 e. The highest BCUT2D eigenvalue weighted by Gasteiger charge is 2.13. The number of hydrogen-bond acceptors (Lipinski definition) is 5. The van der Waals surface area contributed by atoms with Crippen LogP contribution in [0.3, 0.4) is 0 Å². The summed E-state index contributed by atoms with van der Waals surface area (Å²) in [6, 6.07) is 11.2. The Labute approximate surface area is 125 Å². The second-order valence-electron chi connectivity index (χ2n) is 4.74. The Morgan fingerprint density at radius 2 is 2.19 bits per heavy atom. The quantitative estimate of drug-likeness (QED) is 0.559. The molecule has 0 aliphatic heterocycles. The van der Waals surface area contributed by atoms with Gasteiger partial charge in [0.25, 0.3) is 0 Å². The van der Waals surface area contributed by atoms with Crippen LogP contribution in [0.4, 0.5) is 5.00 Å². The van der Waals surface area contributed by atoms with E-state index in [4.69, 9.17) is 0 Å². The summed E-state index contributed by atoms with van der Waals surface area (Å²) in [6.45, 7) is 2.59. The molecule has 0 spiro atoms. The summed E-state index contributed by atoms with van der Waals surface area (Å²) in [5.74, 6) is 0.863. The molecule has 3 aromatic rings. The molecule has 0 amide bonds. The molecule has 0 aliphatic carbocycles. The van der Waals surface area contributed by atoms with E-state index in [1.807, 2.05) is 31.2 Å². The van der Waals surface area contributed by atoms with Crippen LogP contribution in [-0.4, -0.2) is 14.9 Å².